The summed E-state index contributed by atoms with van der Waals surface area (Å²) in [6.45, 7) is -1.37. The number of halogens is 7. The van der Waals surface area contributed by atoms with E-state index in [9.17, 15) is 40.6 Å². The topological polar surface area (TPSA) is 57.8 Å². The van der Waals surface area contributed by atoms with Crippen LogP contribution in [0.3, 0.4) is 0 Å². The van der Waals surface area contributed by atoms with E-state index in [0.717, 1.165) is 11.0 Å². The number of aromatic nitrogens is 2. The fourth-order valence-electron chi connectivity index (χ4n) is 4.09. The Labute approximate surface area is 146 Å². The molecule has 146 valence electrons. The highest BCUT2D eigenvalue weighted by Crippen LogP contribution is 2.75. The molecule has 1 saturated carbocycles. The summed E-state index contributed by atoms with van der Waals surface area (Å²) in [4.78, 5) is 12.5. The number of rotatable bonds is 2. The zero-order valence-electron chi connectivity index (χ0n) is 13.2. The second-order valence-corrected chi connectivity index (χ2v) is 6.85. The Morgan fingerprint density at radius 2 is 1.81 bits per heavy atom. The highest BCUT2D eigenvalue weighted by molar-refractivity contribution is 5.85. The summed E-state index contributed by atoms with van der Waals surface area (Å²) in [7, 11) is 0. The molecule has 4 rings (SSSR count). The van der Waals surface area contributed by atoms with E-state index in [1.54, 1.807) is 0 Å². The first kappa shape index (κ1) is 17.9. The molecule has 2 aromatic rings. The minimum Gasteiger partial charge on any atom is -0.481 e. The number of hydrogen-bond donors (Lipinski definition) is 1. The fraction of sp³-hybridized carbons (Fsp3) is 0.467. The Kier molecular flexibility index (Phi) is 3.20. The highest BCUT2D eigenvalue weighted by atomic mass is 19.4. The van der Waals surface area contributed by atoms with Crippen molar-refractivity contribution in [1.82, 2.24) is 9.61 Å². The van der Waals surface area contributed by atoms with Crippen LogP contribution in [0, 0.1) is 16.6 Å². The lowest BCUT2D eigenvalue weighted by Gasteiger charge is -2.25. The van der Waals surface area contributed by atoms with E-state index < -0.39 is 65.7 Å². The molecule has 0 aromatic carbocycles. The van der Waals surface area contributed by atoms with Gasteiger partial charge < -0.3 is 10.0 Å². The molecule has 0 unspecified atom stereocenters. The van der Waals surface area contributed by atoms with E-state index in [1.807, 2.05) is 0 Å². The van der Waals surface area contributed by atoms with Gasteiger partial charge in [-0.25, -0.2) is 8.91 Å². The molecular formula is C15H10F7N3O2. The number of pyridine rings is 1. The van der Waals surface area contributed by atoms with Gasteiger partial charge in [-0.1, -0.05) is 0 Å². The zero-order chi connectivity index (χ0) is 20.0. The summed E-state index contributed by atoms with van der Waals surface area (Å²) >= 11 is 0. The number of carbonyl (C=O) groups is 1. The summed E-state index contributed by atoms with van der Waals surface area (Å²) in [6.07, 6.45) is -9.77. The van der Waals surface area contributed by atoms with Crippen LogP contribution in [0.15, 0.2) is 18.3 Å². The monoisotopic (exact) mass is 397 g/mol. The first-order valence-corrected chi connectivity index (χ1v) is 7.63. The minimum absolute atomic E-state index is 0.266. The van der Waals surface area contributed by atoms with Gasteiger partial charge in [-0.05, 0) is 18.6 Å². The van der Waals surface area contributed by atoms with Crippen molar-refractivity contribution in [3.63, 3.8) is 0 Å². The highest BCUT2D eigenvalue weighted by Gasteiger charge is 2.86. The molecule has 1 aliphatic heterocycles. The molecule has 1 saturated heterocycles. The van der Waals surface area contributed by atoms with Crippen LogP contribution in [0.5, 0.6) is 0 Å². The number of carboxylic acid groups (broad SMARTS) is 1. The molecule has 27 heavy (non-hydrogen) atoms. The average molecular weight is 397 g/mol. The van der Waals surface area contributed by atoms with E-state index in [2.05, 4.69) is 5.10 Å². The van der Waals surface area contributed by atoms with Crippen molar-refractivity contribution < 1.29 is 40.6 Å². The number of nitrogens with zero attached hydrogens (tertiary/aromatic N) is 3. The summed E-state index contributed by atoms with van der Waals surface area (Å²) in [5.74, 6) is -2.79. The van der Waals surface area contributed by atoms with E-state index in [0.29, 0.717) is 12.3 Å². The minimum atomic E-state index is -4.86. The molecule has 0 bridgehead atoms. The van der Waals surface area contributed by atoms with E-state index in [4.69, 9.17) is 0 Å². The molecule has 3 heterocycles. The van der Waals surface area contributed by atoms with Crippen LogP contribution in [0.1, 0.15) is 12.1 Å². The summed E-state index contributed by atoms with van der Waals surface area (Å²) in [5.41, 5.74) is -6.82. The third-order valence-electron chi connectivity index (χ3n) is 5.49. The molecular weight excluding hydrogens is 387 g/mol. The van der Waals surface area contributed by atoms with Gasteiger partial charge in [0, 0.05) is 13.1 Å². The number of aliphatic carboxylic acids is 1. The molecule has 5 nitrogen and oxygen atoms in total. The number of alkyl halides is 6. The molecule has 2 fully saturated rings. The van der Waals surface area contributed by atoms with Crippen molar-refractivity contribution in [3.05, 3.63) is 29.8 Å². The first-order valence-electron chi connectivity index (χ1n) is 7.63. The molecule has 0 spiro atoms. The van der Waals surface area contributed by atoms with Gasteiger partial charge in [0.15, 0.2) is 5.82 Å². The van der Waals surface area contributed by atoms with E-state index >= 15 is 0 Å². The van der Waals surface area contributed by atoms with Gasteiger partial charge in [0.25, 0.3) is 0 Å². The van der Waals surface area contributed by atoms with Crippen LogP contribution >= 0.6 is 0 Å². The third kappa shape index (κ3) is 2.12. The Morgan fingerprint density at radius 3 is 2.33 bits per heavy atom. The van der Waals surface area contributed by atoms with Crippen molar-refractivity contribution in [2.24, 2.45) is 10.8 Å². The maximum atomic E-state index is 14.1. The largest absolute Gasteiger partial charge is 0.481 e. The van der Waals surface area contributed by atoms with E-state index in [1.165, 1.54) is 0 Å². The molecule has 2 aromatic heterocycles. The van der Waals surface area contributed by atoms with Crippen LogP contribution in [-0.4, -0.2) is 40.0 Å². The summed E-state index contributed by atoms with van der Waals surface area (Å²) in [5, 5.41) is 12.6. The van der Waals surface area contributed by atoms with Gasteiger partial charge >= 0.3 is 18.3 Å². The molecule has 2 aliphatic rings. The van der Waals surface area contributed by atoms with Gasteiger partial charge in [0.2, 0.25) is 0 Å². The fourth-order valence-corrected chi connectivity index (χ4v) is 4.09. The number of anilines is 1. The van der Waals surface area contributed by atoms with Crippen LogP contribution in [0.4, 0.5) is 36.4 Å². The molecule has 0 radical (unpaired) electrons. The van der Waals surface area contributed by atoms with Crippen molar-refractivity contribution in [3.8, 4) is 0 Å². The lowest BCUT2D eigenvalue weighted by atomic mass is 9.96. The lowest BCUT2D eigenvalue weighted by molar-refractivity contribution is -0.194. The number of carboxylic acids is 1. The van der Waals surface area contributed by atoms with Gasteiger partial charge in [-0.2, -0.15) is 31.4 Å². The standard InChI is InChI=1S/C15H10F7N3O2/c16-7-3-23-25-9(14(17,18)19)2-1-8(10(7)25)24-5-12(11(26)27)4-13(12,6-24)15(20,21)22/h1-3H,4-6H2,(H,26,27)/t12-,13-/m0/s1. The first-order chi connectivity index (χ1) is 12.3. The normalized spacial score (nSPS) is 27.9. The second kappa shape index (κ2) is 4.84. The molecule has 0 amide bonds. The van der Waals surface area contributed by atoms with Gasteiger partial charge in [0.05, 0.1) is 11.9 Å². The van der Waals surface area contributed by atoms with Gasteiger partial charge in [-0.15, -0.1) is 0 Å². The average Bonchev–Trinajstić information content (AvgIpc) is 2.87. The molecule has 1 aliphatic carbocycles. The Hall–Kier alpha value is -2.53. The second-order valence-electron chi connectivity index (χ2n) is 6.85. The lowest BCUT2D eigenvalue weighted by Crippen LogP contribution is -2.34. The Bertz CT molecular complexity index is 967. The Balaban J connectivity index is 1.84. The smallest absolute Gasteiger partial charge is 0.433 e. The zero-order valence-corrected chi connectivity index (χ0v) is 13.2. The van der Waals surface area contributed by atoms with Gasteiger partial charge in [-0.3, -0.25) is 4.79 Å². The maximum Gasteiger partial charge on any atom is 0.433 e. The SMILES string of the molecule is O=C(O)[C@]12CN(c3ccc(C(F)(F)F)n4ncc(F)c34)C[C@@]1(C(F)(F)F)C2. The maximum absolute atomic E-state index is 14.1. The van der Waals surface area contributed by atoms with Crippen LogP contribution < -0.4 is 4.90 Å². The van der Waals surface area contributed by atoms with Crippen molar-refractivity contribution in [2.75, 3.05) is 18.0 Å². The molecule has 2 atom stereocenters. The predicted molar refractivity (Wildman–Crippen MR) is 75.5 cm³/mol. The van der Waals surface area contributed by atoms with Crippen molar-refractivity contribution in [2.45, 2.75) is 18.8 Å². The molecule has 1 N–H and O–H groups in total. The number of fused-ring (bicyclic) bond motifs is 2. The van der Waals surface area contributed by atoms with E-state index in [-0.39, 0.29) is 10.2 Å². The Morgan fingerprint density at radius 1 is 1.15 bits per heavy atom. The predicted octanol–water partition coefficient (Wildman–Crippen LogP) is 3.34. The van der Waals surface area contributed by atoms with Crippen molar-refractivity contribution in [1.29, 1.82) is 0 Å². The van der Waals surface area contributed by atoms with Crippen LogP contribution in [0.2, 0.25) is 0 Å². The summed E-state index contributed by atoms with van der Waals surface area (Å²) in [6, 6.07) is 1.42. The van der Waals surface area contributed by atoms with Crippen molar-refractivity contribution >= 4 is 17.2 Å². The molecule has 12 heteroatoms. The summed E-state index contributed by atoms with van der Waals surface area (Å²) < 4.78 is 94.1. The van der Waals surface area contributed by atoms with Crippen LogP contribution in [-0.2, 0) is 11.0 Å². The third-order valence-corrected chi connectivity index (χ3v) is 5.49. The number of hydrogen-bond acceptors (Lipinski definition) is 3. The van der Waals surface area contributed by atoms with Crippen LogP contribution in [0.25, 0.3) is 5.52 Å². The quantitative estimate of drug-likeness (QED) is 0.790. The van der Waals surface area contributed by atoms with Gasteiger partial charge in [0.1, 0.15) is 22.0 Å². The number of piperidine rings is 1.